The van der Waals surface area contributed by atoms with Crippen LogP contribution in [0.2, 0.25) is 0 Å². The van der Waals surface area contributed by atoms with Crippen LogP contribution in [-0.2, 0) is 39.3 Å². The minimum atomic E-state index is -4.74. The van der Waals surface area contributed by atoms with E-state index in [1.807, 2.05) is 0 Å². The summed E-state index contributed by atoms with van der Waals surface area (Å²) in [7, 11) is -9.47. The van der Waals surface area contributed by atoms with Gasteiger partial charge in [-0.05, 0) is 74.5 Å². The van der Waals surface area contributed by atoms with Crippen molar-refractivity contribution in [2.75, 3.05) is 18.2 Å². The zero-order valence-electron chi connectivity index (χ0n) is 26.5. The summed E-state index contributed by atoms with van der Waals surface area (Å²) in [6.45, 7) is 3.09. The Balaban J connectivity index is 0.00000417. The maximum atomic E-state index is 13.2. The molecule has 1 amide bonds. The number of aromatic nitrogens is 2. The molecule has 20 heteroatoms. The van der Waals surface area contributed by atoms with Crippen LogP contribution in [0.1, 0.15) is 29.9 Å². The minimum absolute atomic E-state index is 0. The number of carbonyl (C=O) groups excluding carboxylic acids is 3. The number of carbonyl (C=O) groups is 3. The standard InChI is InChI=1S/C29H26N4O12S2.2K/c1-3-44-28(36)24-22(26(34)32(30-24)18-10-14-20(15-11-18)46(38,39)40)8-6-5-7-9-23-25(29(37)45-4-2)31-33(27(23)35)19-12-16-21(17-13-19)47(41,42)43;;/h5-17,30H,3-4H2,1-2H3,(H,38,39,40)(H,41,42,43);;/q;2*+1/p-2/b7-5-,8-6-,23-9-;;. The van der Waals surface area contributed by atoms with Crippen LogP contribution >= 0.6 is 0 Å². The second-order valence-corrected chi connectivity index (χ2v) is 12.0. The van der Waals surface area contributed by atoms with Crippen molar-refractivity contribution in [2.45, 2.75) is 23.6 Å². The summed E-state index contributed by atoms with van der Waals surface area (Å²) >= 11 is 0. The number of esters is 2. The number of nitrogens with zero attached hydrogens (tertiary/aromatic N) is 3. The Morgan fingerprint density at radius 3 is 1.82 bits per heavy atom. The van der Waals surface area contributed by atoms with Gasteiger partial charge in [0, 0.05) is 0 Å². The molecule has 2 heterocycles. The molecule has 0 radical (unpaired) electrons. The predicted molar refractivity (Wildman–Crippen MR) is 163 cm³/mol. The van der Waals surface area contributed by atoms with Crippen molar-refractivity contribution in [1.29, 1.82) is 0 Å². The van der Waals surface area contributed by atoms with E-state index in [-0.39, 0.29) is 150 Å². The van der Waals surface area contributed by atoms with E-state index in [1.54, 1.807) is 13.8 Å². The van der Waals surface area contributed by atoms with Crippen molar-refractivity contribution in [2.24, 2.45) is 5.10 Å². The van der Waals surface area contributed by atoms with Gasteiger partial charge < -0.3 is 18.6 Å². The van der Waals surface area contributed by atoms with Crippen LogP contribution in [0.3, 0.4) is 0 Å². The summed E-state index contributed by atoms with van der Waals surface area (Å²) in [6, 6.07) is 8.72. The molecule has 0 bridgehead atoms. The molecule has 2 aromatic carbocycles. The van der Waals surface area contributed by atoms with Crippen molar-refractivity contribution in [1.82, 2.24) is 9.78 Å². The van der Waals surface area contributed by atoms with Gasteiger partial charge in [-0.3, -0.25) is 14.7 Å². The molecule has 1 N–H and O–H groups in total. The molecule has 0 fully saturated rings. The molecule has 1 aliphatic heterocycles. The molecule has 0 saturated heterocycles. The van der Waals surface area contributed by atoms with Crippen molar-refractivity contribution < 1.29 is 153 Å². The topological polar surface area (TPSA) is 237 Å². The number of hydrogen-bond acceptors (Lipinski definition) is 13. The number of rotatable bonds is 11. The summed E-state index contributed by atoms with van der Waals surface area (Å²) in [5.74, 6) is -2.54. The van der Waals surface area contributed by atoms with Crippen LogP contribution in [0.5, 0.6) is 0 Å². The average Bonchev–Trinajstić information content (AvgIpc) is 3.52. The van der Waals surface area contributed by atoms with Gasteiger partial charge in [0.1, 0.15) is 20.2 Å². The first-order valence-corrected chi connectivity index (χ1v) is 16.3. The Kier molecular flexibility index (Phi) is 16.1. The molecule has 0 saturated carbocycles. The molecule has 1 aliphatic rings. The third kappa shape index (κ3) is 10.4. The molecule has 4 rings (SSSR count). The van der Waals surface area contributed by atoms with E-state index in [0.717, 1.165) is 34.0 Å². The maximum absolute atomic E-state index is 13.2. The van der Waals surface area contributed by atoms with E-state index < -0.39 is 53.4 Å². The van der Waals surface area contributed by atoms with E-state index in [4.69, 9.17) is 9.47 Å². The first-order valence-electron chi connectivity index (χ1n) is 13.5. The fraction of sp³-hybridized carbons (Fsp3) is 0.138. The number of aromatic amines is 1. The van der Waals surface area contributed by atoms with E-state index in [0.29, 0.717) is 0 Å². The Morgan fingerprint density at radius 2 is 1.31 bits per heavy atom. The molecule has 0 spiro atoms. The molecule has 1 aromatic heterocycles. The number of nitrogens with one attached hydrogen (secondary N) is 1. The third-order valence-electron chi connectivity index (χ3n) is 6.25. The van der Waals surface area contributed by atoms with Gasteiger partial charge in [-0.1, -0.05) is 18.2 Å². The van der Waals surface area contributed by atoms with Gasteiger partial charge in [-0.2, -0.15) is 10.1 Å². The Labute approximate surface area is 365 Å². The molecule has 49 heavy (non-hydrogen) atoms. The van der Waals surface area contributed by atoms with Crippen LogP contribution in [0.25, 0.3) is 11.8 Å². The first kappa shape index (κ1) is 43.0. The Bertz CT molecular complexity index is 2130. The number of ether oxygens (including phenoxy) is 2. The number of H-pyrrole nitrogens is 1. The second-order valence-electron chi connectivity index (χ2n) is 9.27. The van der Waals surface area contributed by atoms with Gasteiger partial charge in [0.2, 0.25) is 0 Å². The van der Waals surface area contributed by atoms with Crippen molar-refractivity contribution in [3.05, 3.63) is 100 Å². The maximum Gasteiger partial charge on any atom is 1.00 e. The third-order valence-corrected chi connectivity index (χ3v) is 7.95. The molecule has 0 atom stereocenters. The second kappa shape index (κ2) is 18.4. The number of allylic oxidation sites excluding steroid dienone is 4. The van der Waals surface area contributed by atoms with E-state index in [1.165, 1.54) is 54.6 Å². The minimum Gasteiger partial charge on any atom is -0.744 e. The molecule has 0 aliphatic carbocycles. The van der Waals surface area contributed by atoms with Crippen molar-refractivity contribution >= 4 is 55.6 Å². The van der Waals surface area contributed by atoms with E-state index in [9.17, 15) is 45.1 Å². The van der Waals surface area contributed by atoms with Gasteiger partial charge in [-0.25, -0.2) is 31.1 Å². The van der Waals surface area contributed by atoms with Crippen LogP contribution in [0, 0.1) is 0 Å². The molecular formula is C29H24K2N4O12S2. The van der Waals surface area contributed by atoms with Crippen LogP contribution in [0.15, 0.2) is 98.1 Å². The monoisotopic (exact) mass is 762 g/mol. The summed E-state index contributed by atoms with van der Waals surface area (Å²) in [4.78, 5) is 50.5. The van der Waals surface area contributed by atoms with Gasteiger partial charge in [0.15, 0.2) is 11.4 Å². The average molecular weight is 763 g/mol. The summed E-state index contributed by atoms with van der Waals surface area (Å²) in [5, 5.41) is 7.45. The van der Waals surface area contributed by atoms with Gasteiger partial charge in [0.25, 0.3) is 11.5 Å². The largest absolute Gasteiger partial charge is 1.00 e. The summed E-state index contributed by atoms with van der Waals surface area (Å²) in [5.41, 5.74) is -1.43. The van der Waals surface area contributed by atoms with E-state index >= 15 is 0 Å². The number of anilines is 1. The van der Waals surface area contributed by atoms with Crippen LogP contribution in [0.4, 0.5) is 5.69 Å². The summed E-state index contributed by atoms with van der Waals surface area (Å²) < 4.78 is 78.5. The van der Waals surface area contributed by atoms with Gasteiger partial charge in [0.05, 0.1) is 45.5 Å². The molecule has 0 unspecified atom stereocenters. The Morgan fingerprint density at radius 1 is 0.796 bits per heavy atom. The van der Waals surface area contributed by atoms with Crippen molar-refractivity contribution in [3.63, 3.8) is 0 Å². The SMILES string of the molecule is CCOC(=O)C1=NN(c2ccc(S(=O)(=O)[O-])cc2)C(=O)\C1=C/C=C\C=C/c1c(C(=O)OCC)[nH]n(-c2ccc(S(=O)(=O)[O-])cc2)c1=O.[K+].[K+]. The van der Waals surface area contributed by atoms with Crippen LogP contribution in [-0.4, -0.2) is 72.5 Å². The number of hydrazone groups is 1. The Hall–Kier alpha value is -2.16. The normalized spacial score (nSPS) is 14.1. The molecule has 16 nitrogen and oxygen atoms in total. The zero-order valence-corrected chi connectivity index (χ0v) is 34.4. The molecule has 246 valence electrons. The fourth-order valence-corrected chi connectivity index (χ4v) is 5.06. The van der Waals surface area contributed by atoms with Crippen molar-refractivity contribution in [3.8, 4) is 5.69 Å². The predicted octanol–water partition coefficient (Wildman–Crippen LogP) is -4.38. The number of benzene rings is 2. The number of amides is 1. The van der Waals surface area contributed by atoms with Crippen LogP contribution < -0.4 is 113 Å². The summed E-state index contributed by atoms with van der Waals surface area (Å²) in [6.07, 6.45) is 6.57. The fourth-order valence-electron chi connectivity index (χ4n) is 4.12. The smallest absolute Gasteiger partial charge is 0.744 e. The zero-order chi connectivity index (χ0) is 34.5. The van der Waals surface area contributed by atoms with Gasteiger partial charge in [-0.15, -0.1) is 0 Å². The quantitative estimate of drug-likeness (QED) is 0.0641. The van der Waals surface area contributed by atoms with E-state index in [2.05, 4.69) is 10.2 Å². The first-order chi connectivity index (χ1) is 22.2. The molecular weight excluding hydrogens is 739 g/mol. The molecule has 3 aromatic rings. The number of hydrogen-bond donors (Lipinski definition) is 1. The van der Waals surface area contributed by atoms with Gasteiger partial charge >= 0.3 is 115 Å².